The maximum absolute atomic E-state index is 5.26. The fraction of sp³-hybridized carbons (Fsp3) is 0.667. The minimum absolute atomic E-state index is 0.249. The first-order valence-corrected chi connectivity index (χ1v) is 5.30. The second-order valence-corrected chi connectivity index (χ2v) is 3.77. The quantitative estimate of drug-likeness (QED) is 0.491. The SMILES string of the molecule is CCC1CC1Nc1nc(NN)nc(OC)n1. The summed E-state index contributed by atoms with van der Waals surface area (Å²) in [7, 11) is 1.51. The number of methoxy groups -OCH3 is 1. The Hall–Kier alpha value is -1.63. The van der Waals surface area contributed by atoms with Crippen molar-refractivity contribution in [3.63, 3.8) is 0 Å². The van der Waals surface area contributed by atoms with Gasteiger partial charge in [0.05, 0.1) is 7.11 Å². The Morgan fingerprint density at radius 2 is 2.12 bits per heavy atom. The number of aromatic nitrogens is 3. The second kappa shape index (κ2) is 4.48. The summed E-state index contributed by atoms with van der Waals surface area (Å²) in [5.74, 6) is 6.77. The first-order valence-electron chi connectivity index (χ1n) is 5.30. The van der Waals surface area contributed by atoms with E-state index >= 15 is 0 Å². The molecule has 1 aromatic heterocycles. The number of ether oxygens (including phenoxy) is 1. The number of hydrazine groups is 1. The minimum atomic E-state index is 0.249. The van der Waals surface area contributed by atoms with Crippen LogP contribution in [0.4, 0.5) is 11.9 Å². The van der Waals surface area contributed by atoms with Crippen LogP contribution >= 0.6 is 0 Å². The Kier molecular flexibility index (Phi) is 3.04. The van der Waals surface area contributed by atoms with Crippen LogP contribution < -0.4 is 21.3 Å². The Morgan fingerprint density at radius 1 is 1.38 bits per heavy atom. The van der Waals surface area contributed by atoms with Crippen molar-refractivity contribution >= 4 is 11.9 Å². The van der Waals surface area contributed by atoms with E-state index in [4.69, 9.17) is 10.6 Å². The summed E-state index contributed by atoms with van der Waals surface area (Å²) in [5.41, 5.74) is 2.38. The van der Waals surface area contributed by atoms with Gasteiger partial charge >= 0.3 is 6.01 Å². The molecular formula is C9H16N6O. The molecule has 0 amide bonds. The van der Waals surface area contributed by atoms with Gasteiger partial charge in [-0.3, -0.25) is 5.43 Å². The monoisotopic (exact) mass is 224 g/mol. The van der Waals surface area contributed by atoms with Gasteiger partial charge in [-0.05, 0) is 12.3 Å². The number of hydrogen-bond acceptors (Lipinski definition) is 7. The summed E-state index contributed by atoms with van der Waals surface area (Å²) in [6.45, 7) is 2.17. The van der Waals surface area contributed by atoms with Crippen molar-refractivity contribution in [1.82, 2.24) is 15.0 Å². The molecule has 1 saturated carbocycles. The van der Waals surface area contributed by atoms with E-state index in [-0.39, 0.29) is 6.01 Å². The smallest absolute Gasteiger partial charge is 0.322 e. The van der Waals surface area contributed by atoms with Gasteiger partial charge in [-0.15, -0.1) is 0 Å². The summed E-state index contributed by atoms with van der Waals surface area (Å²) < 4.78 is 4.95. The van der Waals surface area contributed by atoms with Crippen LogP contribution in [0.25, 0.3) is 0 Å². The van der Waals surface area contributed by atoms with E-state index in [1.165, 1.54) is 13.5 Å². The first kappa shape index (κ1) is 10.9. The van der Waals surface area contributed by atoms with Gasteiger partial charge in [0.25, 0.3) is 0 Å². The highest BCUT2D eigenvalue weighted by atomic mass is 16.5. The van der Waals surface area contributed by atoms with Gasteiger partial charge in [0, 0.05) is 6.04 Å². The van der Waals surface area contributed by atoms with E-state index in [0.717, 1.165) is 12.3 Å². The number of nitrogens with two attached hydrogens (primary N) is 1. The van der Waals surface area contributed by atoms with Gasteiger partial charge in [-0.25, -0.2) is 5.84 Å². The Morgan fingerprint density at radius 3 is 2.69 bits per heavy atom. The van der Waals surface area contributed by atoms with Crippen LogP contribution in [0.3, 0.4) is 0 Å². The topological polar surface area (TPSA) is 98.0 Å². The zero-order chi connectivity index (χ0) is 11.5. The van der Waals surface area contributed by atoms with Crippen molar-refractivity contribution in [2.45, 2.75) is 25.8 Å². The molecule has 0 bridgehead atoms. The maximum atomic E-state index is 5.26. The molecule has 0 aliphatic heterocycles. The molecule has 4 N–H and O–H groups in total. The number of anilines is 2. The van der Waals surface area contributed by atoms with Gasteiger partial charge < -0.3 is 10.1 Å². The highest BCUT2D eigenvalue weighted by Crippen LogP contribution is 2.35. The lowest BCUT2D eigenvalue weighted by Gasteiger charge is -2.06. The molecule has 2 unspecified atom stereocenters. The van der Waals surface area contributed by atoms with Crippen molar-refractivity contribution in [1.29, 1.82) is 0 Å². The second-order valence-electron chi connectivity index (χ2n) is 3.77. The van der Waals surface area contributed by atoms with Crippen molar-refractivity contribution in [3.05, 3.63) is 0 Å². The largest absolute Gasteiger partial charge is 0.467 e. The van der Waals surface area contributed by atoms with E-state index in [9.17, 15) is 0 Å². The molecule has 2 rings (SSSR count). The number of rotatable bonds is 5. The summed E-state index contributed by atoms with van der Waals surface area (Å²) in [4.78, 5) is 12.1. The van der Waals surface area contributed by atoms with Crippen molar-refractivity contribution in [3.8, 4) is 6.01 Å². The minimum Gasteiger partial charge on any atom is -0.467 e. The predicted molar refractivity (Wildman–Crippen MR) is 60.0 cm³/mol. The highest BCUT2D eigenvalue weighted by Gasteiger charge is 2.35. The number of nitrogen functional groups attached to an aromatic ring is 1. The lowest BCUT2D eigenvalue weighted by atomic mass is 10.3. The Labute approximate surface area is 93.8 Å². The lowest BCUT2D eigenvalue weighted by molar-refractivity contribution is 0.379. The van der Waals surface area contributed by atoms with E-state index in [2.05, 4.69) is 32.6 Å². The van der Waals surface area contributed by atoms with Crippen LogP contribution in [0, 0.1) is 5.92 Å². The normalized spacial score (nSPS) is 22.7. The molecule has 1 fully saturated rings. The van der Waals surface area contributed by atoms with Crippen LogP contribution in [-0.2, 0) is 0 Å². The van der Waals surface area contributed by atoms with Gasteiger partial charge in [0.2, 0.25) is 11.9 Å². The van der Waals surface area contributed by atoms with Crippen molar-refractivity contribution < 1.29 is 4.74 Å². The Bertz CT molecular complexity index is 349. The van der Waals surface area contributed by atoms with Gasteiger partial charge in [-0.1, -0.05) is 13.3 Å². The van der Waals surface area contributed by atoms with Crippen molar-refractivity contribution in [2.24, 2.45) is 11.8 Å². The van der Waals surface area contributed by atoms with Crippen molar-refractivity contribution in [2.75, 3.05) is 17.9 Å². The van der Waals surface area contributed by atoms with Crippen LogP contribution in [0.2, 0.25) is 0 Å². The lowest BCUT2D eigenvalue weighted by Crippen LogP contribution is -2.15. The van der Waals surface area contributed by atoms with Crippen LogP contribution in [0.5, 0.6) is 6.01 Å². The molecule has 0 spiro atoms. The molecule has 0 saturated heterocycles. The summed E-state index contributed by atoms with van der Waals surface area (Å²) in [6, 6.07) is 0.710. The molecule has 1 aliphatic carbocycles. The number of nitrogens with zero attached hydrogens (tertiary/aromatic N) is 3. The highest BCUT2D eigenvalue weighted by molar-refractivity contribution is 5.37. The fourth-order valence-electron chi connectivity index (χ4n) is 1.62. The average molecular weight is 224 g/mol. The zero-order valence-electron chi connectivity index (χ0n) is 9.40. The molecule has 16 heavy (non-hydrogen) atoms. The molecule has 0 radical (unpaired) electrons. The maximum Gasteiger partial charge on any atom is 0.322 e. The molecule has 7 heteroatoms. The molecule has 1 heterocycles. The predicted octanol–water partition coefficient (Wildman–Crippen LogP) is 0.376. The fourth-order valence-corrected chi connectivity index (χ4v) is 1.62. The third kappa shape index (κ3) is 2.30. The van der Waals surface area contributed by atoms with E-state index in [1.54, 1.807) is 0 Å². The van der Waals surface area contributed by atoms with Gasteiger partial charge in [-0.2, -0.15) is 15.0 Å². The van der Waals surface area contributed by atoms with Crippen LogP contribution in [0.15, 0.2) is 0 Å². The van der Waals surface area contributed by atoms with Gasteiger partial charge in [0.15, 0.2) is 0 Å². The molecule has 2 atom stereocenters. The molecule has 1 aliphatic rings. The third-order valence-corrected chi connectivity index (χ3v) is 2.69. The molecule has 0 aromatic carbocycles. The third-order valence-electron chi connectivity index (χ3n) is 2.69. The van der Waals surface area contributed by atoms with Gasteiger partial charge in [0.1, 0.15) is 0 Å². The summed E-state index contributed by atoms with van der Waals surface area (Å²) >= 11 is 0. The summed E-state index contributed by atoms with van der Waals surface area (Å²) in [6.07, 6.45) is 2.33. The molecule has 7 nitrogen and oxygen atoms in total. The number of hydrogen-bond donors (Lipinski definition) is 3. The standard InChI is InChI=1S/C9H16N6O/c1-3-5-4-6(5)11-7-12-8(15-10)14-9(13-7)16-2/h5-6H,3-4,10H2,1-2H3,(H2,11,12,13,14,15). The number of nitrogens with one attached hydrogen (secondary N) is 2. The van der Waals surface area contributed by atoms with Crippen LogP contribution in [-0.4, -0.2) is 28.1 Å². The zero-order valence-corrected chi connectivity index (χ0v) is 9.40. The summed E-state index contributed by atoms with van der Waals surface area (Å²) in [5, 5.41) is 3.23. The Balaban J connectivity index is 2.08. The molecule has 88 valence electrons. The van der Waals surface area contributed by atoms with E-state index in [0.29, 0.717) is 17.9 Å². The molecular weight excluding hydrogens is 208 g/mol. The van der Waals surface area contributed by atoms with Crippen LogP contribution in [0.1, 0.15) is 19.8 Å². The first-order chi connectivity index (χ1) is 7.76. The average Bonchev–Trinajstić information content (AvgIpc) is 3.06. The van der Waals surface area contributed by atoms with E-state index in [1.807, 2.05) is 0 Å². The molecule has 1 aromatic rings. The van der Waals surface area contributed by atoms with E-state index < -0.39 is 0 Å².